The largest absolute Gasteiger partial charge is 0.488 e. The second-order valence-electron chi connectivity index (χ2n) is 10.1. The highest BCUT2D eigenvalue weighted by Gasteiger charge is 2.63. The number of nitrogens with one attached hydrogen (secondary N) is 1. The second-order valence-corrected chi connectivity index (χ2v) is 10.1. The molecule has 178 valence electrons. The fourth-order valence-electron chi connectivity index (χ4n) is 4.54. The molecule has 2 saturated carbocycles. The van der Waals surface area contributed by atoms with Crippen molar-refractivity contribution in [3.63, 3.8) is 0 Å². The number of aliphatic carboxylic acids is 1. The van der Waals surface area contributed by atoms with Gasteiger partial charge in [0.25, 0.3) is 0 Å². The third kappa shape index (κ3) is 4.94. The van der Waals surface area contributed by atoms with E-state index in [0.29, 0.717) is 35.1 Å². The fourth-order valence-corrected chi connectivity index (χ4v) is 4.54. The number of aromatic nitrogens is 4. The third-order valence-electron chi connectivity index (χ3n) is 6.27. The van der Waals surface area contributed by atoms with Crippen molar-refractivity contribution in [2.45, 2.75) is 53.2 Å². The number of carbonyl (C=O) groups excluding carboxylic acids is 1. The van der Waals surface area contributed by atoms with E-state index in [9.17, 15) is 14.7 Å². The number of carbonyl (C=O) groups is 2. The monoisotopic (exact) mass is 457 g/mol. The van der Waals surface area contributed by atoms with Crippen LogP contribution in [0.25, 0.3) is 11.4 Å². The Morgan fingerprint density at radius 3 is 2.67 bits per heavy atom. The molecule has 4 atom stereocenters. The van der Waals surface area contributed by atoms with Crippen molar-refractivity contribution < 1.29 is 24.2 Å². The molecule has 2 aliphatic rings. The first-order valence-electron chi connectivity index (χ1n) is 11.2. The molecule has 0 spiro atoms. The third-order valence-corrected chi connectivity index (χ3v) is 6.27. The number of hydrogen-bond acceptors (Lipinski definition) is 7. The number of alkyl carbamates (subject to hydrolysis) is 1. The van der Waals surface area contributed by atoms with Crippen LogP contribution >= 0.6 is 0 Å². The molecule has 0 aromatic carbocycles. The SMILES string of the molecule is Cc1nc(-c2nnn(C)c2CNC(=O)OCC(C)(C)C)ccc1O[C@@H]1CCC2C(C(=O)O)C21. The average Bonchev–Trinajstić information content (AvgIpc) is 3.15. The summed E-state index contributed by atoms with van der Waals surface area (Å²) in [6.07, 6.45) is 1.17. The van der Waals surface area contributed by atoms with E-state index in [4.69, 9.17) is 9.47 Å². The summed E-state index contributed by atoms with van der Waals surface area (Å²) in [5, 5.41) is 20.4. The molecule has 2 heterocycles. The number of rotatable bonds is 7. The van der Waals surface area contributed by atoms with Crippen LogP contribution in [0.3, 0.4) is 0 Å². The van der Waals surface area contributed by atoms with Crippen molar-refractivity contribution in [2.24, 2.45) is 30.2 Å². The summed E-state index contributed by atoms with van der Waals surface area (Å²) in [6, 6.07) is 3.65. The maximum absolute atomic E-state index is 12.1. The molecule has 33 heavy (non-hydrogen) atoms. The number of nitrogens with zero attached hydrogens (tertiary/aromatic N) is 4. The molecule has 2 aliphatic carbocycles. The molecule has 4 rings (SSSR count). The van der Waals surface area contributed by atoms with Crippen LogP contribution in [-0.2, 0) is 23.1 Å². The van der Waals surface area contributed by atoms with Crippen LogP contribution in [0.15, 0.2) is 12.1 Å². The van der Waals surface area contributed by atoms with Gasteiger partial charge in [-0.05, 0) is 43.2 Å². The minimum Gasteiger partial charge on any atom is -0.488 e. The predicted octanol–water partition coefficient (Wildman–Crippen LogP) is 2.95. The van der Waals surface area contributed by atoms with Crippen LogP contribution in [-0.4, -0.2) is 49.9 Å². The maximum atomic E-state index is 12.1. The van der Waals surface area contributed by atoms with E-state index in [1.54, 1.807) is 11.7 Å². The highest BCUT2D eigenvalue weighted by atomic mass is 16.5. The lowest BCUT2D eigenvalue weighted by molar-refractivity contribution is -0.139. The molecule has 0 bridgehead atoms. The van der Waals surface area contributed by atoms with Gasteiger partial charge in [-0.1, -0.05) is 26.0 Å². The first-order chi connectivity index (χ1) is 15.5. The van der Waals surface area contributed by atoms with Gasteiger partial charge in [-0.25, -0.2) is 14.5 Å². The Hall–Kier alpha value is -3.17. The van der Waals surface area contributed by atoms with Gasteiger partial charge in [0.1, 0.15) is 17.5 Å². The Morgan fingerprint density at radius 2 is 2.03 bits per heavy atom. The molecule has 0 saturated heterocycles. The summed E-state index contributed by atoms with van der Waals surface area (Å²) in [5.74, 6) is -0.0209. The molecule has 10 heteroatoms. The molecule has 3 unspecified atom stereocenters. The Morgan fingerprint density at radius 1 is 1.27 bits per heavy atom. The van der Waals surface area contributed by atoms with Crippen molar-refractivity contribution in [1.29, 1.82) is 0 Å². The Bertz CT molecular complexity index is 1060. The summed E-state index contributed by atoms with van der Waals surface area (Å²) in [7, 11) is 1.75. The van der Waals surface area contributed by atoms with Gasteiger partial charge in [0, 0.05) is 13.0 Å². The Balaban J connectivity index is 1.42. The molecule has 2 aromatic heterocycles. The normalized spacial score (nSPS) is 23.7. The van der Waals surface area contributed by atoms with Gasteiger partial charge in [-0.2, -0.15) is 0 Å². The van der Waals surface area contributed by atoms with Crippen molar-refractivity contribution in [2.75, 3.05) is 6.61 Å². The van der Waals surface area contributed by atoms with Crippen molar-refractivity contribution in [1.82, 2.24) is 25.3 Å². The van der Waals surface area contributed by atoms with E-state index in [0.717, 1.165) is 12.8 Å². The highest BCUT2D eigenvalue weighted by Crippen LogP contribution is 2.58. The Labute approximate surface area is 192 Å². The number of carboxylic acid groups (broad SMARTS) is 1. The maximum Gasteiger partial charge on any atom is 0.407 e. The summed E-state index contributed by atoms with van der Waals surface area (Å²) in [5.41, 5.74) is 2.46. The van der Waals surface area contributed by atoms with Crippen molar-refractivity contribution in [3.05, 3.63) is 23.5 Å². The number of ether oxygens (including phenoxy) is 2. The van der Waals surface area contributed by atoms with Gasteiger partial charge >= 0.3 is 12.1 Å². The van der Waals surface area contributed by atoms with E-state index in [2.05, 4.69) is 20.6 Å². The Kier molecular flexibility index (Phi) is 6.02. The van der Waals surface area contributed by atoms with E-state index in [-0.39, 0.29) is 35.8 Å². The molecular weight excluding hydrogens is 426 g/mol. The lowest BCUT2D eigenvalue weighted by Gasteiger charge is -2.18. The van der Waals surface area contributed by atoms with E-state index in [1.165, 1.54) is 0 Å². The molecule has 2 aromatic rings. The summed E-state index contributed by atoms with van der Waals surface area (Å²) in [4.78, 5) is 28.0. The van der Waals surface area contributed by atoms with Gasteiger partial charge in [-0.15, -0.1) is 5.10 Å². The second kappa shape index (κ2) is 8.64. The first kappa shape index (κ1) is 23.0. The minimum absolute atomic E-state index is 0.0853. The standard InChI is InChI=1S/C23H31N5O5/c1-12-16(33-17-8-6-13-18(17)19(13)21(29)30)9-7-14(25-12)20-15(28(5)27-26-20)10-24-22(31)32-11-23(2,3)4/h7,9,13,17-19H,6,8,10-11H2,1-5H3,(H,24,31)(H,29,30)/t13?,17-,18?,19?/m1/s1. The molecule has 2 fully saturated rings. The fraction of sp³-hybridized carbons (Fsp3) is 0.609. The zero-order chi connectivity index (χ0) is 23.9. The molecule has 2 N–H and O–H groups in total. The predicted molar refractivity (Wildman–Crippen MR) is 118 cm³/mol. The topological polar surface area (TPSA) is 128 Å². The van der Waals surface area contributed by atoms with Gasteiger partial charge in [0.05, 0.1) is 36.2 Å². The number of amides is 1. The number of hydrogen-bond donors (Lipinski definition) is 2. The van der Waals surface area contributed by atoms with Crippen LogP contribution in [0.2, 0.25) is 0 Å². The summed E-state index contributed by atoms with van der Waals surface area (Å²) in [6.45, 7) is 8.34. The van der Waals surface area contributed by atoms with Crippen LogP contribution in [0.4, 0.5) is 4.79 Å². The molecule has 0 radical (unpaired) electrons. The van der Waals surface area contributed by atoms with Gasteiger partial charge < -0.3 is 19.9 Å². The number of carboxylic acids is 1. The molecule has 0 aliphatic heterocycles. The highest BCUT2D eigenvalue weighted by molar-refractivity contribution is 5.75. The van der Waals surface area contributed by atoms with Crippen LogP contribution < -0.4 is 10.1 Å². The minimum atomic E-state index is -0.727. The molecular formula is C23H31N5O5. The van der Waals surface area contributed by atoms with E-state index >= 15 is 0 Å². The lowest BCUT2D eigenvalue weighted by atomic mass is 9.99. The number of aryl methyl sites for hydroxylation is 2. The summed E-state index contributed by atoms with van der Waals surface area (Å²) < 4.78 is 13.0. The zero-order valence-corrected chi connectivity index (χ0v) is 19.7. The number of fused-ring (bicyclic) bond motifs is 1. The lowest BCUT2D eigenvalue weighted by Crippen LogP contribution is -2.28. The zero-order valence-electron chi connectivity index (χ0n) is 19.7. The number of pyridine rings is 1. The van der Waals surface area contributed by atoms with Gasteiger partial charge in [0.2, 0.25) is 0 Å². The average molecular weight is 458 g/mol. The molecule has 10 nitrogen and oxygen atoms in total. The van der Waals surface area contributed by atoms with Crippen LogP contribution in [0, 0.1) is 30.1 Å². The van der Waals surface area contributed by atoms with Crippen molar-refractivity contribution in [3.8, 4) is 17.1 Å². The van der Waals surface area contributed by atoms with Gasteiger partial charge in [-0.3, -0.25) is 4.79 Å². The van der Waals surface area contributed by atoms with Crippen LogP contribution in [0.5, 0.6) is 5.75 Å². The van der Waals surface area contributed by atoms with Crippen LogP contribution in [0.1, 0.15) is 45.0 Å². The quantitative estimate of drug-likeness (QED) is 0.649. The van der Waals surface area contributed by atoms with E-state index in [1.807, 2.05) is 39.8 Å². The van der Waals surface area contributed by atoms with Gasteiger partial charge in [0.15, 0.2) is 0 Å². The molecule has 1 amide bonds. The smallest absolute Gasteiger partial charge is 0.407 e. The van der Waals surface area contributed by atoms with Crippen molar-refractivity contribution >= 4 is 12.1 Å². The first-order valence-corrected chi connectivity index (χ1v) is 11.2. The van der Waals surface area contributed by atoms with E-state index < -0.39 is 12.1 Å². The summed E-state index contributed by atoms with van der Waals surface area (Å²) >= 11 is 0.